The maximum Gasteiger partial charge on any atom is 0.328 e. The number of rotatable bonds is 2. The summed E-state index contributed by atoms with van der Waals surface area (Å²) in [4.78, 5) is 25.2. The van der Waals surface area contributed by atoms with Crippen molar-refractivity contribution in [3.8, 4) is 0 Å². The van der Waals surface area contributed by atoms with Gasteiger partial charge in [-0.3, -0.25) is 14.3 Å². The van der Waals surface area contributed by atoms with Gasteiger partial charge in [0.2, 0.25) is 0 Å². The van der Waals surface area contributed by atoms with Gasteiger partial charge in [0, 0.05) is 17.2 Å². The van der Waals surface area contributed by atoms with Crippen molar-refractivity contribution in [3.05, 3.63) is 44.8 Å². The van der Waals surface area contributed by atoms with Gasteiger partial charge >= 0.3 is 5.69 Å². The Balaban J connectivity index is 2.39. The molecule has 0 saturated heterocycles. The summed E-state index contributed by atoms with van der Waals surface area (Å²) in [5.41, 5.74) is -0.528. The highest BCUT2D eigenvalue weighted by molar-refractivity contribution is 5.13. The molecule has 2 rings (SSSR count). The van der Waals surface area contributed by atoms with Gasteiger partial charge in [0.15, 0.2) is 0 Å². The molecule has 1 heterocycles. The summed E-state index contributed by atoms with van der Waals surface area (Å²) in [6, 6.07) is -0.102. The van der Waals surface area contributed by atoms with E-state index in [-0.39, 0.29) is 23.6 Å². The monoisotopic (exact) mass is 236 g/mol. The Kier molecular flexibility index (Phi) is 2.79. The van der Waals surface area contributed by atoms with Crippen LogP contribution in [0.1, 0.15) is 24.9 Å². The number of H-pyrrole nitrogens is 1. The Morgan fingerprint density at radius 3 is 2.88 bits per heavy atom. The topological polar surface area (TPSA) is 75.1 Å². The lowest BCUT2D eigenvalue weighted by atomic mass is 9.90. The zero-order valence-corrected chi connectivity index (χ0v) is 9.93. The van der Waals surface area contributed by atoms with Crippen LogP contribution in [0.5, 0.6) is 0 Å². The molecule has 1 aromatic rings. The van der Waals surface area contributed by atoms with Crippen LogP contribution in [0.2, 0.25) is 0 Å². The van der Waals surface area contributed by atoms with Gasteiger partial charge in [-0.25, -0.2) is 4.79 Å². The number of nitrogens with zero attached hydrogens (tertiary/aromatic N) is 1. The Labute approximate surface area is 98.4 Å². The van der Waals surface area contributed by atoms with E-state index in [1.807, 2.05) is 19.1 Å². The number of aromatic nitrogens is 2. The molecule has 5 nitrogen and oxygen atoms in total. The molecule has 0 fully saturated rings. The van der Waals surface area contributed by atoms with Gasteiger partial charge in [0.25, 0.3) is 5.56 Å². The first kappa shape index (κ1) is 11.9. The molecule has 2 atom stereocenters. The summed E-state index contributed by atoms with van der Waals surface area (Å²) < 4.78 is 1.51. The lowest BCUT2D eigenvalue weighted by Crippen LogP contribution is -2.33. The summed E-state index contributed by atoms with van der Waals surface area (Å²) >= 11 is 0. The number of aliphatic hydroxyl groups is 1. The van der Waals surface area contributed by atoms with Crippen LogP contribution >= 0.6 is 0 Å². The maximum absolute atomic E-state index is 11.7. The Morgan fingerprint density at radius 1 is 1.59 bits per heavy atom. The van der Waals surface area contributed by atoms with E-state index in [2.05, 4.69) is 4.98 Å². The predicted octanol–water partition coefficient (Wildman–Crippen LogP) is 0.345. The van der Waals surface area contributed by atoms with E-state index in [1.165, 1.54) is 4.57 Å². The van der Waals surface area contributed by atoms with Crippen LogP contribution in [0.3, 0.4) is 0 Å². The maximum atomic E-state index is 11.7. The molecule has 0 aromatic carbocycles. The standard InChI is InChI=1S/C12H16N2O3/c1-8-6-14(11(17)13-10(8)16)9-3-4-12(2,5-9)7-15/h3-4,6,9,15H,5,7H2,1-2H3,(H,13,16,17). The van der Waals surface area contributed by atoms with E-state index in [0.29, 0.717) is 12.0 Å². The van der Waals surface area contributed by atoms with Gasteiger partial charge in [-0.2, -0.15) is 0 Å². The molecule has 0 bridgehead atoms. The molecule has 5 heteroatoms. The third kappa shape index (κ3) is 2.10. The highest BCUT2D eigenvalue weighted by atomic mass is 16.3. The van der Waals surface area contributed by atoms with Gasteiger partial charge in [0.1, 0.15) is 0 Å². The minimum atomic E-state index is -0.405. The smallest absolute Gasteiger partial charge is 0.328 e. The summed E-state index contributed by atoms with van der Waals surface area (Å²) in [7, 11) is 0. The molecule has 17 heavy (non-hydrogen) atoms. The minimum Gasteiger partial charge on any atom is -0.395 e. The molecule has 0 amide bonds. The normalized spacial score (nSPS) is 27.6. The second-order valence-corrected chi connectivity index (χ2v) is 4.92. The summed E-state index contributed by atoms with van der Waals surface area (Å²) in [6.45, 7) is 3.66. The second-order valence-electron chi connectivity index (χ2n) is 4.92. The third-order valence-corrected chi connectivity index (χ3v) is 3.26. The van der Waals surface area contributed by atoms with Crippen LogP contribution in [0.4, 0.5) is 0 Å². The summed E-state index contributed by atoms with van der Waals surface area (Å²) in [5.74, 6) is 0. The molecule has 1 aliphatic carbocycles. The molecule has 0 radical (unpaired) electrons. The van der Waals surface area contributed by atoms with Crippen LogP contribution in [0, 0.1) is 12.3 Å². The third-order valence-electron chi connectivity index (χ3n) is 3.26. The highest BCUT2D eigenvalue weighted by Crippen LogP contribution is 2.36. The predicted molar refractivity (Wildman–Crippen MR) is 64.0 cm³/mol. The van der Waals surface area contributed by atoms with Crippen LogP contribution in [0.25, 0.3) is 0 Å². The first-order valence-electron chi connectivity index (χ1n) is 5.57. The van der Waals surface area contributed by atoms with E-state index in [1.54, 1.807) is 13.1 Å². The second kappa shape index (κ2) is 4.00. The summed E-state index contributed by atoms with van der Waals surface area (Å²) in [6.07, 6.45) is 6.05. The largest absolute Gasteiger partial charge is 0.395 e. The van der Waals surface area contributed by atoms with Crippen molar-refractivity contribution in [1.29, 1.82) is 0 Å². The van der Waals surface area contributed by atoms with Crippen molar-refractivity contribution in [2.45, 2.75) is 26.3 Å². The zero-order valence-electron chi connectivity index (χ0n) is 9.93. The van der Waals surface area contributed by atoms with E-state index in [0.717, 1.165) is 0 Å². The van der Waals surface area contributed by atoms with Gasteiger partial charge in [-0.15, -0.1) is 0 Å². The molecule has 0 saturated carbocycles. The van der Waals surface area contributed by atoms with Crippen molar-refractivity contribution >= 4 is 0 Å². The van der Waals surface area contributed by atoms with E-state index in [4.69, 9.17) is 0 Å². The van der Waals surface area contributed by atoms with Crippen LogP contribution in [-0.2, 0) is 0 Å². The van der Waals surface area contributed by atoms with Crippen LogP contribution < -0.4 is 11.2 Å². The summed E-state index contributed by atoms with van der Waals surface area (Å²) in [5, 5.41) is 9.26. The molecule has 2 unspecified atom stereocenters. The fourth-order valence-corrected chi connectivity index (χ4v) is 2.10. The number of nitrogens with one attached hydrogen (secondary N) is 1. The van der Waals surface area contributed by atoms with Gasteiger partial charge in [0.05, 0.1) is 12.6 Å². The number of aryl methyl sites for hydroxylation is 1. The Hall–Kier alpha value is -1.62. The fourth-order valence-electron chi connectivity index (χ4n) is 2.10. The molecular formula is C12H16N2O3. The van der Waals surface area contributed by atoms with E-state index < -0.39 is 5.69 Å². The first-order valence-corrected chi connectivity index (χ1v) is 5.57. The SMILES string of the molecule is Cc1cn(C2C=CC(C)(CO)C2)c(=O)[nH]c1=O. The number of hydrogen-bond donors (Lipinski definition) is 2. The van der Waals surface area contributed by atoms with Crippen molar-refractivity contribution in [3.63, 3.8) is 0 Å². The molecule has 0 spiro atoms. The van der Waals surface area contributed by atoms with Crippen molar-refractivity contribution < 1.29 is 5.11 Å². The highest BCUT2D eigenvalue weighted by Gasteiger charge is 2.30. The number of aromatic amines is 1. The zero-order chi connectivity index (χ0) is 12.6. The Bertz CT molecular complexity index is 570. The molecule has 1 aliphatic rings. The molecule has 0 aliphatic heterocycles. The number of aliphatic hydroxyl groups excluding tert-OH is 1. The van der Waals surface area contributed by atoms with E-state index >= 15 is 0 Å². The number of allylic oxidation sites excluding steroid dienone is 1. The van der Waals surface area contributed by atoms with Crippen LogP contribution in [0.15, 0.2) is 27.9 Å². The van der Waals surface area contributed by atoms with Crippen molar-refractivity contribution in [2.24, 2.45) is 5.41 Å². The fraction of sp³-hybridized carbons (Fsp3) is 0.500. The molecule has 1 aromatic heterocycles. The minimum absolute atomic E-state index is 0.0527. The van der Waals surface area contributed by atoms with Crippen molar-refractivity contribution in [1.82, 2.24) is 9.55 Å². The van der Waals surface area contributed by atoms with Crippen molar-refractivity contribution in [2.75, 3.05) is 6.61 Å². The molecule has 2 N–H and O–H groups in total. The van der Waals surface area contributed by atoms with Gasteiger partial charge in [-0.1, -0.05) is 19.1 Å². The van der Waals surface area contributed by atoms with E-state index in [9.17, 15) is 14.7 Å². The lowest BCUT2D eigenvalue weighted by Gasteiger charge is -2.21. The van der Waals surface area contributed by atoms with Gasteiger partial charge in [-0.05, 0) is 13.3 Å². The lowest BCUT2D eigenvalue weighted by molar-refractivity contribution is 0.174. The molecular weight excluding hydrogens is 220 g/mol. The quantitative estimate of drug-likeness (QED) is 0.727. The average Bonchev–Trinajstić information content (AvgIpc) is 2.67. The average molecular weight is 236 g/mol. The Morgan fingerprint density at radius 2 is 2.29 bits per heavy atom. The van der Waals surface area contributed by atoms with Gasteiger partial charge < -0.3 is 5.11 Å². The van der Waals surface area contributed by atoms with Crippen LogP contribution in [-0.4, -0.2) is 21.3 Å². The number of hydrogen-bond acceptors (Lipinski definition) is 3. The first-order chi connectivity index (χ1) is 7.95. The molecule has 92 valence electrons.